The number of hydrogen-bond donors (Lipinski definition) is 0. The molecule has 31 heavy (non-hydrogen) atoms. The first-order valence-corrected chi connectivity index (χ1v) is 12.0. The predicted molar refractivity (Wildman–Crippen MR) is 120 cm³/mol. The van der Waals surface area contributed by atoms with Crippen molar-refractivity contribution in [1.29, 1.82) is 5.26 Å². The van der Waals surface area contributed by atoms with E-state index in [-0.39, 0.29) is 0 Å². The van der Waals surface area contributed by atoms with E-state index in [9.17, 15) is 8.42 Å². The number of rotatable bonds is 5. The Morgan fingerprint density at radius 3 is 2.39 bits per heavy atom. The minimum absolute atomic E-state index is 0.333. The second kappa shape index (κ2) is 8.46. The molecule has 1 aliphatic heterocycles. The summed E-state index contributed by atoms with van der Waals surface area (Å²) < 4.78 is 28.9. The molecule has 0 amide bonds. The third kappa shape index (κ3) is 4.11. The molecule has 0 saturated carbocycles. The maximum atomic E-state index is 12.7. The number of benzene rings is 2. The molecule has 2 heterocycles. The average Bonchev–Trinajstić information content (AvgIpc) is 3.38. The Balaban J connectivity index is 1.59. The Morgan fingerprint density at radius 2 is 1.77 bits per heavy atom. The van der Waals surface area contributed by atoms with Gasteiger partial charge in [-0.3, -0.25) is 4.68 Å². The van der Waals surface area contributed by atoms with Gasteiger partial charge in [0.15, 0.2) is 0 Å². The van der Waals surface area contributed by atoms with Crippen molar-refractivity contribution in [2.75, 3.05) is 13.1 Å². The summed E-state index contributed by atoms with van der Waals surface area (Å²) >= 11 is 6.22. The van der Waals surface area contributed by atoms with E-state index in [0.29, 0.717) is 35.1 Å². The lowest BCUT2D eigenvalue weighted by atomic mass is 10.0. The minimum Gasteiger partial charge on any atom is -0.265 e. The highest BCUT2D eigenvalue weighted by Gasteiger charge is 2.27. The Hall–Kier alpha value is -2.66. The van der Waals surface area contributed by atoms with E-state index in [2.05, 4.69) is 11.2 Å². The van der Waals surface area contributed by atoms with E-state index in [1.54, 1.807) is 28.6 Å². The summed E-state index contributed by atoms with van der Waals surface area (Å²) in [7, 11) is -3.41. The lowest BCUT2D eigenvalue weighted by molar-refractivity contribution is 0.477. The number of nitrogens with zero attached hydrogens (tertiary/aromatic N) is 4. The van der Waals surface area contributed by atoms with Gasteiger partial charge in [-0.15, -0.1) is 0 Å². The quantitative estimate of drug-likeness (QED) is 0.567. The summed E-state index contributed by atoms with van der Waals surface area (Å²) in [5, 5.41) is 14.2. The molecule has 160 valence electrons. The van der Waals surface area contributed by atoms with Crippen LogP contribution in [0.15, 0.2) is 47.4 Å². The van der Waals surface area contributed by atoms with Gasteiger partial charge >= 0.3 is 0 Å². The second-order valence-electron chi connectivity index (χ2n) is 7.77. The first kappa shape index (κ1) is 21.6. The second-order valence-corrected chi connectivity index (χ2v) is 10.1. The average molecular weight is 455 g/mol. The third-order valence-corrected chi connectivity index (χ3v) is 7.94. The fraction of sp³-hybridized carbons (Fsp3) is 0.304. The summed E-state index contributed by atoms with van der Waals surface area (Å²) in [5.41, 5.74) is 5.16. The van der Waals surface area contributed by atoms with Gasteiger partial charge in [0.05, 0.1) is 27.7 Å². The Morgan fingerprint density at radius 1 is 1.10 bits per heavy atom. The van der Waals surface area contributed by atoms with Crippen LogP contribution in [0.25, 0.3) is 11.1 Å². The van der Waals surface area contributed by atoms with Gasteiger partial charge in [-0.1, -0.05) is 29.8 Å². The van der Waals surface area contributed by atoms with E-state index in [1.165, 1.54) is 0 Å². The third-order valence-electron chi connectivity index (χ3n) is 5.72. The lowest BCUT2D eigenvalue weighted by Crippen LogP contribution is -2.27. The van der Waals surface area contributed by atoms with Crippen LogP contribution in [0, 0.1) is 25.2 Å². The van der Waals surface area contributed by atoms with Crippen LogP contribution < -0.4 is 0 Å². The molecule has 8 heteroatoms. The summed E-state index contributed by atoms with van der Waals surface area (Å²) in [6.45, 7) is 5.65. The van der Waals surface area contributed by atoms with Gasteiger partial charge in [-0.25, -0.2) is 8.42 Å². The molecule has 0 unspecified atom stereocenters. The number of aromatic nitrogens is 2. The van der Waals surface area contributed by atoms with Crippen molar-refractivity contribution < 1.29 is 8.42 Å². The molecule has 1 saturated heterocycles. The van der Waals surface area contributed by atoms with E-state index >= 15 is 0 Å². The van der Waals surface area contributed by atoms with Crippen LogP contribution in [0.2, 0.25) is 5.02 Å². The normalized spacial score (nSPS) is 14.6. The van der Waals surface area contributed by atoms with Crippen molar-refractivity contribution in [3.63, 3.8) is 0 Å². The Labute approximate surface area is 187 Å². The first-order valence-electron chi connectivity index (χ1n) is 10.1. The fourth-order valence-electron chi connectivity index (χ4n) is 4.05. The van der Waals surface area contributed by atoms with Crippen LogP contribution in [0.3, 0.4) is 0 Å². The number of hydrogen-bond acceptors (Lipinski definition) is 4. The number of nitriles is 1. The number of halogens is 1. The largest absolute Gasteiger partial charge is 0.265 e. The topological polar surface area (TPSA) is 79.0 Å². The molecule has 0 N–H and O–H groups in total. The predicted octanol–water partition coefficient (Wildman–Crippen LogP) is 4.52. The van der Waals surface area contributed by atoms with Gasteiger partial charge in [0.1, 0.15) is 6.07 Å². The zero-order valence-corrected chi connectivity index (χ0v) is 19.0. The molecule has 0 aliphatic carbocycles. The SMILES string of the molecule is Cc1nn(Cc2ccc(S(=O)(=O)N3CCCC3)cc2)c(C)c1-c1ccc(C#N)c(Cl)c1. The molecule has 3 aromatic rings. The summed E-state index contributed by atoms with van der Waals surface area (Å²) in [6.07, 6.45) is 1.84. The fourth-order valence-corrected chi connectivity index (χ4v) is 5.79. The van der Waals surface area contributed by atoms with E-state index in [1.807, 2.05) is 36.7 Å². The monoisotopic (exact) mass is 454 g/mol. The van der Waals surface area contributed by atoms with Crippen molar-refractivity contribution in [1.82, 2.24) is 14.1 Å². The molecule has 6 nitrogen and oxygen atoms in total. The summed E-state index contributed by atoms with van der Waals surface area (Å²) in [5.74, 6) is 0. The molecular formula is C23H23ClN4O2S. The lowest BCUT2D eigenvalue weighted by Gasteiger charge is -2.15. The molecule has 1 fully saturated rings. The van der Waals surface area contributed by atoms with Crippen LogP contribution in [-0.2, 0) is 16.6 Å². The minimum atomic E-state index is -3.41. The van der Waals surface area contributed by atoms with Gasteiger partial charge in [-0.2, -0.15) is 14.7 Å². The molecule has 0 spiro atoms. The maximum Gasteiger partial charge on any atom is 0.243 e. The molecular weight excluding hydrogens is 432 g/mol. The van der Waals surface area contributed by atoms with Crippen LogP contribution in [0.1, 0.15) is 35.4 Å². The summed E-state index contributed by atoms with van der Waals surface area (Å²) in [6, 6.07) is 14.5. The highest BCUT2D eigenvalue weighted by atomic mass is 35.5. The van der Waals surface area contributed by atoms with Crippen molar-refractivity contribution in [3.8, 4) is 17.2 Å². The highest BCUT2D eigenvalue weighted by Crippen LogP contribution is 2.31. The van der Waals surface area contributed by atoms with Gasteiger partial charge < -0.3 is 0 Å². The molecule has 0 bridgehead atoms. The van der Waals surface area contributed by atoms with Crippen LogP contribution >= 0.6 is 11.6 Å². The van der Waals surface area contributed by atoms with Crippen molar-refractivity contribution in [3.05, 3.63) is 70.0 Å². The van der Waals surface area contributed by atoms with Crippen molar-refractivity contribution >= 4 is 21.6 Å². The van der Waals surface area contributed by atoms with Gasteiger partial charge in [0.25, 0.3) is 0 Å². The molecule has 1 aromatic heterocycles. The van der Waals surface area contributed by atoms with Gasteiger partial charge in [-0.05, 0) is 62.1 Å². The van der Waals surface area contributed by atoms with E-state index in [4.69, 9.17) is 16.9 Å². The molecule has 1 aliphatic rings. The highest BCUT2D eigenvalue weighted by molar-refractivity contribution is 7.89. The van der Waals surface area contributed by atoms with E-state index in [0.717, 1.165) is 40.9 Å². The van der Waals surface area contributed by atoms with Crippen molar-refractivity contribution in [2.45, 2.75) is 38.1 Å². The standard InChI is InChI=1S/C23H23ClN4O2S/c1-16-23(19-7-8-20(14-25)22(24)13-19)17(2)28(26-16)15-18-5-9-21(10-6-18)31(29,30)27-11-3-4-12-27/h5-10,13H,3-4,11-12,15H2,1-2H3. The first-order chi connectivity index (χ1) is 14.8. The van der Waals surface area contributed by atoms with Crippen LogP contribution in [0.5, 0.6) is 0 Å². The van der Waals surface area contributed by atoms with Crippen LogP contribution in [-0.4, -0.2) is 35.6 Å². The van der Waals surface area contributed by atoms with Gasteiger partial charge in [0, 0.05) is 24.3 Å². The Bertz CT molecular complexity index is 1270. The van der Waals surface area contributed by atoms with Crippen LogP contribution in [0.4, 0.5) is 0 Å². The molecule has 4 rings (SSSR count). The Kier molecular flexibility index (Phi) is 5.89. The molecule has 0 radical (unpaired) electrons. The number of sulfonamides is 1. The smallest absolute Gasteiger partial charge is 0.243 e. The van der Waals surface area contributed by atoms with Gasteiger partial charge in [0.2, 0.25) is 10.0 Å². The molecule has 0 atom stereocenters. The van der Waals surface area contributed by atoms with E-state index < -0.39 is 10.0 Å². The zero-order valence-electron chi connectivity index (χ0n) is 17.5. The molecule has 2 aromatic carbocycles. The van der Waals surface area contributed by atoms with Crippen molar-refractivity contribution in [2.24, 2.45) is 0 Å². The zero-order chi connectivity index (χ0) is 22.2. The summed E-state index contributed by atoms with van der Waals surface area (Å²) in [4.78, 5) is 0.333. The maximum absolute atomic E-state index is 12.7. The number of aryl methyl sites for hydroxylation is 1.